The molecule has 2 aliphatic carbocycles. The van der Waals surface area contributed by atoms with E-state index < -0.39 is 0 Å². The Hall–Kier alpha value is -1.44. The second-order valence-electron chi connectivity index (χ2n) is 9.90. The average molecular weight is 411 g/mol. The molecule has 0 bridgehead atoms. The minimum Gasteiger partial charge on any atom is -0.299 e. The van der Waals surface area contributed by atoms with E-state index in [1.54, 1.807) is 0 Å². The quantitative estimate of drug-likeness (QED) is 0.395. The molecule has 0 atom stereocenters. The molecular weight excluding hydrogens is 368 g/mol. The summed E-state index contributed by atoms with van der Waals surface area (Å²) in [5, 5.41) is 0. The number of hydrogen-bond acceptors (Lipinski definition) is 2. The molecule has 0 heterocycles. The lowest BCUT2D eigenvalue weighted by Crippen LogP contribution is -2.21. The van der Waals surface area contributed by atoms with Gasteiger partial charge in [-0.3, -0.25) is 9.59 Å². The molecule has 3 rings (SSSR count). The fraction of sp³-hybridized carbons (Fsp3) is 0.714. The van der Waals surface area contributed by atoms with Crippen LogP contribution in [0.25, 0.3) is 0 Å². The molecule has 0 amide bonds. The van der Waals surface area contributed by atoms with Gasteiger partial charge in [0.05, 0.1) is 0 Å². The van der Waals surface area contributed by atoms with Crippen molar-refractivity contribution in [3.8, 4) is 0 Å². The fourth-order valence-corrected chi connectivity index (χ4v) is 5.65. The van der Waals surface area contributed by atoms with E-state index in [2.05, 4.69) is 38.1 Å². The summed E-state index contributed by atoms with van der Waals surface area (Å²) in [6.07, 6.45) is 14.8. The molecule has 166 valence electrons. The van der Waals surface area contributed by atoms with Crippen molar-refractivity contribution in [2.24, 2.45) is 11.8 Å². The third-order valence-corrected chi connectivity index (χ3v) is 7.80. The van der Waals surface area contributed by atoms with Crippen LogP contribution in [0.3, 0.4) is 0 Å². The standard InChI is InChI=1S/C28H42O2/c1-3-5-7-27(29)25-17-13-23(14-18-25)21-9-11-22(12-10-21)24-15-19-26(20-16-24)28(30)8-6-4-2/h9-12,23-26H,3-8,13-20H2,1-2H3. The molecule has 30 heavy (non-hydrogen) atoms. The van der Waals surface area contributed by atoms with E-state index in [9.17, 15) is 9.59 Å². The summed E-state index contributed by atoms with van der Waals surface area (Å²) in [7, 11) is 0. The summed E-state index contributed by atoms with van der Waals surface area (Å²) in [5.74, 6) is 2.91. The van der Waals surface area contributed by atoms with Crippen LogP contribution in [0, 0.1) is 11.8 Å². The van der Waals surface area contributed by atoms with Crippen LogP contribution < -0.4 is 0 Å². The summed E-state index contributed by atoms with van der Waals surface area (Å²) in [4.78, 5) is 24.6. The first-order valence-electron chi connectivity index (χ1n) is 12.8. The molecule has 0 radical (unpaired) electrons. The maximum absolute atomic E-state index is 12.3. The maximum Gasteiger partial charge on any atom is 0.135 e. The van der Waals surface area contributed by atoms with Crippen molar-refractivity contribution in [1.29, 1.82) is 0 Å². The number of carbonyl (C=O) groups excluding carboxylic acids is 2. The summed E-state index contributed by atoms with van der Waals surface area (Å²) in [6.45, 7) is 4.32. The zero-order valence-electron chi connectivity index (χ0n) is 19.3. The number of rotatable bonds is 10. The predicted octanol–water partition coefficient (Wildman–Crippen LogP) is 7.75. The Balaban J connectivity index is 1.46. The Morgan fingerprint density at radius 2 is 0.967 bits per heavy atom. The molecule has 0 unspecified atom stereocenters. The monoisotopic (exact) mass is 410 g/mol. The van der Waals surface area contributed by atoms with Gasteiger partial charge in [-0.2, -0.15) is 0 Å². The van der Waals surface area contributed by atoms with Crippen molar-refractivity contribution in [2.75, 3.05) is 0 Å². The highest BCUT2D eigenvalue weighted by Gasteiger charge is 2.28. The molecular formula is C28H42O2. The number of unbranched alkanes of at least 4 members (excludes halogenated alkanes) is 2. The molecule has 1 aromatic rings. The van der Waals surface area contributed by atoms with Crippen molar-refractivity contribution < 1.29 is 9.59 Å². The Bertz CT molecular complexity index is 599. The predicted molar refractivity (Wildman–Crippen MR) is 125 cm³/mol. The van der Waals surface area contributed by atoms with Crippen LogP contribution in [0.1, 0.15) is 127 Å². The van der Waals surface area contributed by atoms with Gasteiger partial charge in [0.25, 0.3) is 0 Å². The summed E-state index contributed by atoms with van der Waals surface area (Å²) < 4.78 is 0. The highest BCUT2D eigenvalue weighted by Crippen LogP contribution is 2.39. The highest BCUT2D eigenvalue weighted by atomic mass is 16.1. The Morgan fingerprint density at radius 3 is 1.27 bits per heavy atom. The molecule has 2 saturated carbocycles. The maximum atomic E-state index is 12.3. The van der Waals surface area contributed by atoms with Gasteiger partial charge < -0.3 is 0 Å². The van der Waals surface area contributed by atoms with Gasteiger partial charge >= 0.3 is 0 Å². The Kier molecular flexibility index (Phi) is 9.15. The molecule has 2 nitrogen and oxygen atoms in total. The topological polar surface area (TPSA) is 34.1 Å². The van der Waals surface area contributed by atoms with Gasteiger partial charge in [0.2, 0.25) is 0 Å². The van der Waals surface area contributed by atoms with E-state index in [0.29, 0.717) is 35.2 Å². The van der Waals surface area contributed by atoms with Crippen LogP contribution in [0.15, 0.2) is 24.3 Å². The average Bonchev–Trinajstić information content (AvgIpc) is 2.81. The van der Waals surface area contributed by atoms with Crippen LogP contribution in [0.2, 0.25) is 0 Å². The van der Waals surface area contributed by atoms with Gasteiger partial charge in [-0.1, -0.05) is 51.0 Å². The van der Waals surface area contributed by atoms with Crippen molar-refractivity contribution in [3.63, 3.8) is 0 Å². The molecule has 2 aliphatic rings. The summed E-state index contributed by atoms with van der Waals surface area (Å²) in [6, 6.07) is 9.38. The van der Waals surface area contributed by atoms with Gasteiger partial charge in [0, 0.05) is 24.7 Å². The molecule has 1 aromatic carbocycles. The van der Waals surface area contributed by atoms with E-state index in [0.717, 1.165) is 89.9 Å². The van der Waals surface area contributed by atoms with Crippen molar-refractivity contribution in [1.82, 2.24) is 0 Å². The third-order valence-electron chi connectivity index (χ3n) is 7.80. The van der Waals surface area contributed by atoms with Crippen LogP contribution in [0.5, 0.6) is 0 Å². The largest absolute Gasteiger partial charge is 0.299 e. The Labute approximate surface area is 184 Å². The van der Waals surface area contributed by atoms with Crippen LogP contribution in [0.4, 0.5) is 0 Å². The molecule has 2 heteroatoms. The lowest BCUT2D eigenvalue weighted by Gasteiger charge is -2.30. The molecule has 2 fully saturated rings. The third kappa shape index (κ3) is 6.28. The minimum absolute atomic E-state index is 0.322. The first kappa shape index (κ1) is 23.2. The van der Waals surface area contributed by atoms with E-state index in [1.807, 2.05) is 0 Å². The zero-order valence-corrected chi connectivity index (χ0v) is 19.3. The SMILES string of the molecule is CCCCC(=O)C1CCC(c2ccc(C3CCC(C(=O)CCCC)CC3)cc2)CC1. The highest BCUT2D eigenvalue weighted by molar-refractivity contribution is 5.81. The van der Waals surface area contributed by atoms with Gasteiger partial charge in [-0.15, -0.1) is 0 Å². The Morgan fingerprint density at radius 1 is 0.633 bits per heavy atom. The van der Waals surface area contributed by atoms with Crippen molar-refractivity contribution in [2.45, 2.75) is 116 Å². The first-order valence-corrected chi connectivity index (χ1v) is 12.8. The molecule has 0 aliphatic heterocycles. The number of Topliss-reactive ketones (excluding diaryl/α,β-unsaturated/α-hetero) is 2. The number of ketones is 2. The molecule has 0 N–H and O–H groups in total. The van der Waals surface area contributed by atoms with Gasteiger partial charge in [-0.05, 0) is 87.2 Å². The smallest absolute Gasteiger partial charge is 0.135 e. The van der Waals surface area contributed by atoms with E-state index in [1.165, 1.54) is 11.1 Å². The van der Waals surface area contributed by atoms with Gasteiger partial charge in [-0.25, -0.2) is 0 Å². The fourth-order valence-electron chi connectivity index (χ4n) is 5.65. The first-order chi connectivity index (χ1) is 14.6. The van der Waals surface area contributed by atoms with Crippen LogP contribution in [-0.4, -0.2) is 11.6 Å². The van der Waals surface area contributed by atoms with Crippen molar-refractivity contribution in [3.05, 3.63) is 35.4 Å². The zero-order chi connectivity index (χ0) is 21.3. The molecule has 0 aromatic heterocycles. The van der Waals surface area contributed by atoms with E-state index in [4.69, 9.17) is 0 Å². The van der Waals surface area contributed by atoms with E-state index in [-0.39, 0.29) is 0 Å². The lowest BCUT2D eigenvalue weighted by atomic mass is 9.75. The number of hydrogen-bond donors (Lipinski definition) is 0. The second kappa shape index (κ2) is 11.8. The van der Waals surface area contributed by atoms with Crippen LogP contribution >= 0.6 is 0 Å². The van der Waals surface area contributed by atoms with Crippen LogP contribution in [-0.2, 0) is 9.59 Å². The lowest BCUT2D eigenvalue weighted by molar-refractivity contribution is -0.124. The van der Waals surface area contributed by atoms with E-state index >= 15 is 0 Å². The second-order valence-corrected chi connectivity index (χ2v) is 9.90. The normalized spacial score (nSPS) is 27.0. The number of carbonyl (C=O) groups is 2. The summed E-state index contributed by atoms with van der Waals surface area (Å²) in [5.41, 5.74) is 2.92. The van der Waals surface area contributed by atoms with Crippen molar-refractivity contribution >= 4 is 11.6 Å². The molecule has 0 saturated heterocycles. The minimum atomic E-state index is 0.322. The van der Waals surface area contributed by atoms with Gasteiger partial charge in [0.1, 0.15) is 11.6 Å². The molecule has 0 spiro atoms. The van der Waals surface area contributed by atoms with Gasteiger partial charge in [0.15, 0.2) is 0 Å². The number of benzene rings is 1. The summed E-state index contributed by atoms with van der Waals surface area (Å²) >= 11 is 0.